The van der Waals surface area contributed by atoms with Gasteiger partial charge in [0.25, 0.3) is 0 Å². The molecule has 0 bridgehead atoms. The van der Waals surface area contributed by atoms with Gasteiger partial charge in [-0.3, -0.25) is 4.90 Å². The lowest BCUT2D eigenvalue weighted by Gasteiger charge is -2.20. The van der Waals surface area contributed by atoms with Gasteiger partial charge in [-0.25, -0.2) is 4.39 Å². The van der Waals surface area contributed by atoms with Crippen molar-refractivity contribution >= 4 is 11.6 Å². The molecule has 4 heteroatoms. The fourth-order valence-electron chi connectivity index (χ4n) is 1.95. The van der Waals surface area contributed by atoms with Gasteiger partial charge in [0.15, 0.2) is 0 Å². The van der Waals surface area contributed by atoms with Gasteiger partial charge in [-0.15, -0.1) is 0 Å². The van der Waals surface area contributed by atoms with Gasteiger partial charge in [-0.1, -0.05) is 17.7 Å². The molecule has 1 saturated heterocycles. The zero-order valence-corrected chi connectivity index (χ0v) is 9.93. The van der Waals surface area contributed by atoms with Crippen molar-refractivity contribution in [2.45, 2.75) is 13.0 Å². The number of rotatable bonds is 2. The minimum Gasteiger partial charge on any atom is -0.315 e. The van der Waals surface area contributed by atoms with Crippen molar-refractivity contribution in [2.75, 3.05) is 26.2 Å². The summed E-state index contributed by atoms with van der Waals surface area (Å²) in [6.45, 7) is 4.99. The molecule has 1 aromatic carbocycles. The van der Waals surface area contributed by atoms with Crippen molar-refractivity contribution in [2.24, 2.45) is 0 Å². The largest absolute Gasteiger partial charge is 0.315 e. The first-order valence-corrected chi connectivity index (χ1v) is 6.00. The molecule has 2 rings (SSSR count). The third kappa shape index (κ3) is 3.17. The van der Waals surface area contributed by atoms with E-state index in [4.69, 9.17) is 11.6 Å². The third-order valence-corrected chi connectivity index (χ3v) is 3.19. The van der Waals surface area contributed by atoms with Crippen LogP contribution < -0.4 is 5.32 Å². The summed E-state index contributed by atoms with van der Waals surface area (Å²) in [5.41, 5.74) is 1.00. The number of hydrogen-bond donors (Lipinski definition) is 1. The second-order valence-corrected chi connectivity index (χ2v) is 4.52. The first kappa shape index (κ1) is 11.8. The second kappa shape index (κ2) is 5.62. The first-order chi connectivity index (χ1) is 7.75. The van der Waals surface area contributed by atoms with Crippen molar-refractivity contribution in [3.05, 3.63) is 34.6 Å². The lowest BCUT2D eigenvalue weighted by molar-refractivity contribution is 0.284. The van der Waals surface area contributed by atoms with E-state index in [1.165, 1.54) is 12.1 Å². The molecule has 1 aliphatic rings. The van der Waals surface area contributed by atoms with Crippen LogP contribution in [0.25, 0.3) is 0 Å². The molecule has 88 valence electrons. The fourth-order valence-corrected chi connectivity index (χ4v) is 2.18. The number of halogens is 2. The van der Waals surface area contributed by atoms with Gasteiger partial charge < -0.3 is 5.32 Å². The Kier molecular flexibility index (Phi) is 4.16. The summed E-state index contributed by atoms with van der Waals surface area (Å²) in [6, 6.07) is 4.63. The van der Waals surface area contributed by atoms with Crippen LogP contribution in [0, 0.1) is 5.82 Å². The molecule has 1 aromatic rings. The zero-order valence-electron chi connectivity index (χ0n) is 9.18. The molecule has 1 fully saturated rings. The van der Waals surface area contributed by atoms with Crippen molar-refractivity contribution in [1.29, 1.82) is 0 Å². The maximum absolute atomic E-state index is 12.9. The number of benzene rings is 1. The Bertz CT molecular complexity index is 349. The normalized spacial score (nSPS) is 18.4. The molecule has 1 N–H and O–H groups in total. The molecule has 0 radical (unpaired) electrons. The van der Waals surface area contributed by atoms with E-state index in [9.17, 15) is 4.39 Å². The van der Waals surface area contributed by atoms with E-state index >= 15 is 0 Å². The van der Waals surface area contributed by atoms with Gasteiger partial charge >= 0.3 is 0 Å². The molecule has 2 nitrogen and oxygen atoms in total. The average Bonchev–Trinajstić information content (AvgIpc) is 2.51. The Labute approximate surface area is 100 Å². The lowest BCUT2D eigenvalue weighted by Crippen LogP contribution is -2.27. The number of hydrogen-bond acceptors (Lipinski definition) is 2. The Balaban J connectivity index is 2.01. The summed E-state index contributed by atoms with van der Waals surface area (Å²) >= 11 is 6.01. The van der Waals surface area contributed by atoms with Crippen LogP contribution in [0.15, 0.2) is 18.2 Å². The van der Waals surface area contributed by atoms with Crippen molar-refractivity contribution in [3.8, 4) is 0 Å². The average molecular weight is 243 g/mol. The molecule has 0 unspecified atom stereocenters. The third-order valence-electron chi connectivity index (χ3n) is 2.84. The predicted octanol–water partition coefficient (Wildman–Crippen LogP) is 2.27. The van der Waals surface area contributed by atoms with Crippen LogP contribution in [0.4, 0.5) is 4.39 Å². The topological polar surface area (TPSA) is 15.3 Å². The number of nitrogens with one attached hydrogen (secondary N) is 1. The smallest absolute Gasteiger partial charge is 0.124 e. The maximum Gasteiger partial charge on any atom is 0.124 e. The quantitative estimate of drug-likeness (QED) is 0.856. The molecular formula is C12H16ClFN2. The van der Waals surface area contributed by atoms with Crippen LogP contribution in [-0.2, 0) is 6.54 Å². The van der Waals surface area contributed by atoms with Gasteiger partial charge in [0, 0.05) is 24.7 Å². The van der Waals surface area contributed by atoms with Gasteiger partial charge in [0.2, 0.25) is 0 Å². The van der Waals surface area contributed by atoms with Crippen LogP contribution in [-0.4, -0.2) is 31.1 Å². The summed E-state index contributed by atoms with van der Waals surface area (Å²) in [6.07, 6.45) is 1.15. The van der Waals surface area contributed by atoms with Gasteiger partial charge in [0.1, 0.15) is 5.82 Å². The minimum atomic E-state index is -0.272. The highest BCUT2D eigenvalue weighted by Crippen LogP contribution is 2.19. The summed E-state index contributed by atoms with van der Waals surface area (Å²) in [7, 11) is 0. The molecule has 16 heavy (non-hydrogen) atoms. The highest BCUT2D eigenvalue weighted by molar-refractivity contribution is 6.31. The Morgan fingerprint density at radius 1 is 1.31 bits per heavy atom. The molecule has 1 aliphatic heterocycles. The molecular weight excluding hydrogens is 227 g/mol. The van der Waals surface area contributed by atoms with Gasteiger partial charge in [-0.2, -0.15) is 0 Å². The van der Waals surface area contributed by atoms with Crippen LogP contribution >= 0.6 is 11.6 Å². The van der Waals surface area contributed by atoms with E-state index in [1.54, 1.807) is 6.07 Å². The Morgan fingerprint density at radius 2 is 2.19 bits per heavy atom. The van der Waals surface area contributed by atoms with Gasteiger partial charge in [0.05, 0.1) is 0 Å². The molecule has 0 aliphatic carbocycles. The molecule has 0 amide bonds. The summed E-state index contributed by atoms with van der Waals surface area (Å²) in [5, 5.41) is 3.88. The van der Waals surface area contributed by atoms with Crippen molar-refractivity contribution < 1.29 is 4.39 Å². The van der Waals surface area contributed by atoms with Crippen LogP contribution in [0.3, 0.4) is 0 Å². The van der Waals surface area contributed by atoms with Crippen LogP contribution in [0.2, 0.25) is 5.02 Å². The minimum absolute atomic E-state index is 0.272. The monoisotopic (exact) mass is 242 g/mol. The second-order valence-electron chi connectivity index (χ2n) is 4.12. The van der Waals surface area contributed by atoms with E-state index in [2.05, 4.69) is 10.2 Å². The van der Waals surface area contributed by atoms with Crippen molar-refractivity contribution in [3.63, 3.8) is 0 Å². The maximum atomic E-state index is 12.9. The van der Waals surface area contributed by atoms with E-state index < -0.39 is 0 Å². The van der Waals surface area contributed by atoms with Crippen LogP contribution in [0.1, 0.15) is 12.0 Å². The SMILES string of the molecule is Fc1ccc(CN2CCCNCC2)c(Cl)c1. The molecule has 0 aromatic heterocycles. The summed E-state index contributed by atoms with van der Waals surface area (Å²) < 4.78 is 12.9. The van der Waals surface area contributed by atoms with E-state index in [0.717, 1.165) is 44.7 Å². The lowest BCUT2D eigenvalue weighted by atomic mass is 10.2. The summed E-state index contributed by atoms with van der Waals surface area (Å²) in [4.78, 5) is 2.35. The molecule has 0 saturated carbocycles. The van der Waals surface area contributed by atoms with E-state index in [-0.39, 0.29) is 5.82 Å². The Hall–Kier alpha value is -0.640. The highest BCUT2D eigenvalue weighted by Gasteiger charge is 2.11. The van der Waals surface area contributed by atoms with E-state index in [0.29, 0.717) is 5.02 Å². The first-order valence-electron chi connectivity index (χ1n) is 5.63. The molecule has 1 heterocycles. The van der Waals surface area contributed by atoms with Crippen LogP contribution in [0.5, 0.6) is 0 Å². The zero-order chi connectivity index (χ0) is 11.4. The fraction of sp³-hybridized carbons (Fsp3) is 0.500. The molecule has 0 spiro atoms. The molecule has 0 atom stereocenters. The van der Waals surface area contributed by atoms with Gasteiger partial charge in [-0.05, 0) is 37.2 Å². The van der Waals surface area contributed by atoms with Crippen molar-refractivity contribution in [1.82, 2.24) is 10.2 Å². The number of nitrogens with zero attached hydrogens (tertiary/aromatic N) is 1. The highest BCUT2D eigenvalue weighted by atomic mass is 35.5. The Morgan fingerprint density at radius 3 is 3.00 bits per heavy atom. The predicted molar refractivity (Wildman–Crippen MR) is 64.2 cm³/mol. The summed E-state index contributed by atoms with van der Waals surface area (Å²) in [5.74, 6) is -0.272. The standard InChI is InChI=1S/C12H16ClFN2/c13-12-8-11(14)3-2-10(12)9-16-6-1-4-15-5-7-16/h2-3,8,15H,1,4-7,9H2. The van der Waals surface area contributed by atoms with E-state index in [1.807, 2.05) is 0 Å².